The number of hydrogen-bond donors (Lipinski definition) is 22. The third-order valence-corrected chi connectivity index (χ3v) is 23.7. The van der Waals surface area contributed by atoms with Crippen molar-refractivity contribution in [2.24, 2.45) is 17.4 Å². The number of aliphatic carboxylic acids is 1. The highest BCUT2D eigenvalue weighted by molar-refractivity contribution is 7.89. The molecule has 676 valence electrons. The number of carbonyl (C=O) groups excluding carboxylic acids is 8. The van der Waals surface area contributed by atoms with Crippen molar-refractivity contribution < 1.29 is 136 Å². The van der Waals surface area contributed by atoms with Crippen LogP contribution in [-0.2, 0) is 73.9 Å². The van der Waals surface area contributed by atoms with Crippen LogP contribution < -0.4 is 83.0 Å². The Kier molecular flexibility index (Phi) is 30.8. The lowest BCUT2D eigenvalue weighted by Gasteiger charge is -2.48. The van der Waals surface area contributed by atoms with E-state index in [-0.39, 0.29) is 41.5 Å². The molecule has 0 spiro atoms. The number of carboxylic acids is 1. The number of primary amides is 1. The maximum absolute atomic E-state index is 16.4. The van der Waals surface area contributed by atoms with Gasteiger partial charge in [-0.25, -0.2) is 17.9 Å². The Morgan fingerprint density at radius 3 is 1.96 bits per heavy atom. The molecule has 43 heteroatoms. The maximum Gasteiger partial charge on any atom is 0.330 e. The van der Waals surface area contributed by atoms with Gasteiger partial charge in [0.15, 0.2) is 29.9 Å². The van der Waals surface area contributed by atoms with Gasteiger partial charge < -0.3 is 144 Å². The van der Waals surface area contributed by atoms with Gasteiger partial charge in [0.2, 0.25) is 69.3 Å². The number of fused-ring (bicyclic) bond motifs is 15. The van der Waals surface area contributed by atoms with Crippen molar-refractivity contribution in [3.8, 4) is 62.9 Å². The van der Waals surface area contributed by atoms with Crippen molar-refractivity contribution in [1.29, 1.82) is 0 Å². The minimum Gasteiger partial charge on any atom is -0.507 e. The number of benzene rings is 6. The Labute approximate surface area is 725 Å². The number of nitrogens with two attached hydrogens (primary N) is 2. The molecule has 7 aliphatic heterocycles. The van der Waals surface area contributed by atoms with Gasteiger partial charge in [0.05, 0.1) is 64.4 Å². The summed E-state index contributed by atoms with van der Waals surface area (Å²) in [6.45, 7) is 6.34. The first-order chi connectivity index (χ1) is 59.3. The molecule has 0 aliphatic carbocycles. The van der Waals surface area contributed by atoms with Gasteiger partial charge in [-0.2, -0.15) is 0 Å². The van der Waals surface area contributed by atoms with Crippen molar-refractivity contribution in [3.05, 3.63) is 140 Å². The van der Waals surface area contributed by atoms with E-state index in [1.165, 1.54) is 51.2 Å². The molecule has 6 aromatic rings. The lowest BCUT2D eigenvalue weighted by molar-refractivity contribution is -0.334. The molecular formula is C82H100Cl2N12O28S. The van der Waals surface area contributed by atoms with E-state index in [9.17, 15) is 78.7 Å². The molecule has 0 saturated carbocycles. The average molecular weight is 1800 g/mol. The number of likely N-dealkylation sites (N-methyl/N-ethyl adjacent to an activating group) is 1. The molecule has 6 aromatic carbocycles. The molecular weight excluding hydrogens is 1700 g/mol. The van der Waals surface area contributed by atoms with Gasteiger partial charge in [-0.05, 0) is 141 Å². The summed E-state index contributed by atoms with van der Waals surface area (Å²) >= 11 is 14.3. The number of aliphatic hydroxyl groups is 6. The minimum atomic E-state index is -4.15. The molecule has 11 bridgehead atoms. The number of hydrogen-bond acceptors (Lipinski definition) is 30. The van der Waals surface area contributed by atoms with E-state index in [1.807, 2.05) is 6.92 Å². The van der Waals surface area contributed by atoms with Gasteiger partial charge in [0, 0.05) is 42.7 Å². The third-order valence-electron chi connectivity index (χ3n) is 21.7. The van der Waals surface area contributed by atoms with Gasteiger partial charge in [0.1, 0.15) is 101 Å². The fourth-order valence-corrected chi connectivity index (χ4v) is 16.5. The van der Waals surface area contributed by atoms with E-state index >= 15 is 24.0 Å². The van der Waals surface area contributed by atoms with Crippen molar-refractivity contribution in [3.63, 3.8) is 0 Å². The Morgan fingerprint density at radius 1 is 0.720 bits per heavy atom. The second-order valence-corrected chi connectivity index (χ2v) is 33.8. The van der Waals surface area contributed by atoms with E-state index in [0.717, 1.165) is 86.0 Å². The summed E-state index contributed by atoms with van der Waals surface area (Å²) in [4.78, 5) is 132. The van der Waals surface area contributed by atoms with E-state index in [4.69, 9.17) is 67.8 Å². The fourth-order valence-electron chi connectivity index (χ4n) is 15.0. The quantitative estimate of drug-likeness (QED) is 0.0318. The predicted molar refractivity (Wildman–Crippen MR) is 441 cm³/mol. The zero-order valence-corrected chi connectivity index (χ0v) is 70.6. The zero-order valence-electron chi connectivity index (χ0n) is 68.3. The van der Waals surface area contributed by atoms with Crippen molar-refractivity contribution in [2.45, 2.75) is 194 Å². The number of ether oxygens (including phenoxy) is 7. The van der Waals surface area contributed by atoms with E-state index in [0.29, 0.717) is 12.4 Å². The molecule has 7 heterocycles. The summed E-state index contributed by atoms with van der Waals surface area (Å²) in [7, 11) is -2.69. The Balaban J connectivity index is 1.09. The van der Waals surface area contributed by atoms with Crippen LogP contribution in [0.15, 0.2) is 102 Å². The molecule has 0 radical (unpaired) electrons. The molecule has 0 unspecified atom stereocenters. The lowest BCUT2D eigenvalue weighted by atomic mass is 9.85. The summed E-state index contributed by atoms with van der Waals surface area (Å²) in [5.74, 6) is -17.4. The number of rotatable bonds is 27. The van der Waals surface area contributed by atoms with Gasteiger partial charge in [-0.1, -0.05) is 75.0 Å². The summed E-state index contributed by atoms with van der Waals surface area (Å²) in [5, 5.41) is 141. The zero-order chi connectivity index (χ0) is 91.0. The first-order valence-corrected chi connectivity index (χ1v) is 42.1. The smallest absolute Gasteiger partial charge is 0.330 e. The van der Waals surface area contributed by atoms with E-state index < -0.39 is 294 Å². The number of unbranched alkanes of at least 4 members (excludes halogenated alkanes) is 2. The Morgan fingerprint density at radius 2 is 1.35 bits per heavy atom. The van der Waals surface area contributed by atoms with Crippen LogP contribution in [0.1, 0.15) is 137 Å². The summed E-state index contributed by atoms with van der Waals surface area (Å²) in [6, 6.07) is 3.19. The van der Waals surface area contributed by atoms with Crippen LogP contribution in [0.5, 0.6) is 51.7 Å². The highest BCUT2D eigenvalue weighted by atomic mass is 35.5. The summed E-state index contributed by atoms with van der Waals surface area (Å²) in [6.07, 6.45) is -17.3. The largest absolute Gasteiger partial charge is 0.507 e. The highest BCUT2D eigenvalue weighted by Gasteiger charge is 2.53. The molecule has 0 aromatic heterocycles. The monoisotopic (exact) mass is 1800 g/mol. The normalized spacial score (nSPS) is 26.1. The molecule has 2 saturated heterocycles. The minimum absolute atomic E-state index is 0.106. The number of amides is 8. The number of phenolic OH excluding ortho intramolecular Hbond substituents is 3. The van der Waals surface area contributed by atoms with Crippen molar-refractivity contribution in [2.75, 3.05) is 39.9 Å². The van der Waals surface area contributed by atoms with Crippen LogP contribution >= 0.6 is 23.2 Å². The van der Waals surface area contributed by atoms with Crippen molar-refractivity contribution in [1.82, 2.24) is 52.6 Å². The summed E-state index contributed by atoms with van der Waals surface area (Å²) in [5.41, 5.74) is 6.04. The standard InChI is InChI=1S/C82H100Cl2N12O28S/c1-7-8-9-22-118-41-13-15-42(16-14-41)125(116,117)89-21-20-88-33-45-51(99)29-44-60(68(45)104)43-24-37(10-17-50(43)98)61-76(110)95-65(79(113)93-63(44)80(114)115)67(103)39-12-19-53(47(84)26-39)121-55-28-40-27-54(71(55)124-81-72(70(106)69(105)56(34-97)122-81)123-59-31-82(5,96-58(101)32-85)73(107)36(4)119-59)120-52-18-11-38(25-46(52)83)66(102)64(94-74(108)48(87-6)23-35(2)3)78(112)90-49(30-57(86)100)75(109)91-62(40)77(111)92-61/h10-19,24-29,35-36,48-49,56,59,61-67,69-70,72-73,81,87-89,97-99,102-107H,7-9,20-23,30-34,85H2,1-6H3,(H2,86,100)(H,90,112)(H,91,109)(H,92,111)(H,93,113)(H,94,108)(H,95,110)(H,96,101)(H,114,115)/t36-,48+,49-,56+,59-,61+,62+,63-,64+,65-,66+,67+,69+,70-,72+,73+,81-,82-/m0/s1. The van der Waals surface area contributed by atoms with Crippen LogP contribution in [0, 0.1) is 5.92 Å². The number of halogens is 2. The van der Waals surface area contributed by atoms with Crippen LogP contribution in [0.25, 0.3) is 11.1 Å². The van der Waals surface area contributed by atoms with Crippen LogP contribution in [0.2, 0.25) is 10.0 Å². The molecule has 18 atom stereocenters. The van der Waals surface area contributed by atoms with Gasteiger partial charge in [0.25, 0.3) is 0 Å². The molecule has 24 N–H and O–H groups in total. The van der Waals surface area contributed by atoms with E-state index in [2.05, 4.69) is 52.6 Å². The number of aromatic hydroxyl groups is 3. The average Bonchev–Trinajstić information content (AvgIpc) is 0.757. The molecule has 2 fully saturated rings. The Bertz CT molecular complexity index is 5160. The molecule has 40 nitrogen and oxygen atoms in total. The number of aliphatic hydroxyl groups excluding tert-OH is 6. The molecule has 125 heavy (non-hydrogen) atoms. The SMILES string of the molecule is CCCCCOc1ccc(S(=O)(=O)NCCNCc2c(O)cc3c(c2O)-c2cc(ccc2O)[C@H]2NC(=O)[C@@H]4NC(=O)[C@H](CC(N)=O)NC(=O)[C@H](NC(=O)[C@@H](CC(C)C)NC)[C@H](O)c5ccc(c(Cl)c5)Oc5cc4cc(c5O[C@@H]4O[C@H](CO)[C@@H](O)[C@H](O)[C@H]4O[C@H]4C[C@](C)(NC(=O)CN)[C@H](O)[C@H](C)O4)Oc4ccc(cc4Cl)[C@@H](O)[C@H](NC2=O)C(=O)N[C@@H]3C(=O)O)cc1. The number of phenols is 3. The van der Waals surface area contributed by atoms with E-state index in [1.54, 1.807) is 13.8 Å². The fraction of sp³-hybridized carbons (Fsp3) is 0.451. The Hall–Kier alpha value is -10.8. The summed E-state index contributed by atoms with van der Waals surface area (Å²) < 4.78 is 73.8. The highest BCUT2D eigenvalue weighted by Crippen LogP contribution is 2.51. The first-order valence-electron chi connectivity index (χ1n) is 39.9. The van der Waals surface area contributed by atoms with Gasteiger partial charge in [-0.3, -0.25) is 38.4 Å². The first kappa shape index (κ1) is 94.8. The molecule has 8 amide bonds. The van der Waals surface area contributed by atoms with Crippen LogP contribution in [0.3, 0.4) is 0 Å². The van der Waals surface area contributed by atoms with Crippen LogP contribution in [-0.4, -0.2) is 232 Å². The van der Waals surface area contributed by atoms with Gasteiger partial charge >= 0.3 is 5.97 Å². The second kappa shape index (κ2) is 40.6. The topological polar surface area (TPSA) is 627 Å². The molecule has 13 rings (SSSR count). The molecule has 7 aliphatic rings. The number of carbonyl (C=O) groups is 9. The van der Waals surface area contributed by atoms with Crippen LogP contribution in [0.4, 0.5) is 0 Å². The number of nitrogens with one attached hydrogen (secondary N) is 10. The maximum atomic E-state index is 16.4. The predicted octanol–water partition coefficient (Wildman–Crippen LogP) is 0.860. The number of carboxylic acid groups (broad SMARTS) is 1. The second-order valence-electron chi connectivity index (χ2n) is 31.2. The number of sulfonamides is 1. The van der Waals surface area contributed by atoms with Gasteiger partial charge in [-0.15, -0.1) is 0 Å². The third kappa shape index (κ3) is 21.8. The lowest BCUT2D eigenvalue weighted by Crippen LogP contribution is -2.66. The van der Waals surface area contributed by atoms with Crippen molar-refractivity contribution >= 4 is 86.5 Å².